The van der Waals surface area contributed by atoms with E-state index in [0.717, 1.165) is 36.7 Å². The number of nitrogens with zero attached hydrogens (tertiary/aromatic N) is 4. The number of hydrogen-bond donors (Lipinski definition) is 1. The van der Waals surface area contributed by atoms with Gasteiger partial charge in [-0.2, -0.15) is 5.10 Å². The summed E-state index contributed by atoms with van der Waals surface area (Å²) < 4.78 is 1.79. The van der Waals surface area contributed by atoms with Crippen molar-refractivity contribution >= 4 is 30.7 Å². The van der Waals surface area contributed by atoms with Crippen LogP contribution in [0.5, 0.6) is 0 Å². The minimum Gasteiger partial charge on any atom is -0.337 e. The average Bonchev–Trinajstić information content (AvgIpc) is 3.15. The highest BCUT2D eigenvalue weighted by Crippen LogP contribution is 2.13. The topological polar surface area (TPSA) is 63.1 Å². The number of likely N-dealkylation sites (N-methyl/N-ethyl adjacent to an activating group) is 1. The van der Waals surface area contributed by atoms with E-state index in [1.165, 1.54) is 0 Å². The fourth-order valence-corrected chi connectivity index (χ4v) is 2.84. The van der Waals surface area contributed by atoms with E-state index >= 15 is 0 Å². The Morgan fingerprint density at radius 1 is 1.33 bits per heavy atom. The molecule has 0 saturated carbocycles. The molecule has 1 aliphatic heterocycles. The zero-order chi connectivity index (χ0) is 15.7. The average molecular weight is 372 g/mol. The molecule has 0 radical (unpaired) electrons. The molecule has 2 aromatic rings. The van der Waals surface area contributed by atoms with E-state index in [1.54, 1.807) is 15.8 Å². The van der Waals surface area contributed by atoms with Crippen molar-refractivity contribution in [1.29, 1.82) is 0 Å². The first-order valence-electron chi connectivity index (χ1n) is 7.54. The number of carbonyl (C=O) groups excluding carboxylic acids is 1. The number of hydrogen-bond acceptors (Lipinski definition) is 4. The summed E-state index contributed by atoms with van der Waals surface area (Å²) in [7, 11) is 1.86. The molecule has 1 unspecified atom stereocenters. The lowest BCUT2D eigenvalue weighted by Gasteiger charge is -2.23. The van der Waals surface area contributed by atoms with Crippen LogP contribution in [0.4, 0.5) is 0 Å². The van der Waals surface area contributed by atoms with E-state index in [-0.39, 0.29) is 36.8 Å². The summed E-state index contributed by atoms with van der Waals surface area (Å²) >= 11 is 0. The van der Waals surface area contributed by atoms with Crippen molar-refractivity contribution in [1.82, 2.24) is 25.0 Å². The molecule has 3 rings (SSSR count). The van der Waals surface area contributed by atoms with E-state index < -0.39 is 0 Å². The standard InChI is InChI=1S/C16H21N5O.2ClH/c1-11-8-12(2)21(19-11)15-5-4-13(9-18-15)16(22)20(3)14-6-7-17-10-14;;/h4-5,8-9,14,17H,6-7,10H2,1-3H3;2*1H. The van der Waals surface area contributed by atoms with Gasteiger partial charge in [0.25, 0.3) is 5.91 Å². The van der Waals surface area contributed by atoms with Crippen molar-refractivity contribution in [3.8, 4) is 5.82 Å². The van der Waals surface area contributed by atoms with Crippen LogP contribution < -0.4 is 5.32 Å². The van der Waals surface area contributed by atoms with Gasteiger partial charge in [0.05, 0.1) is 11.3 Å². The van der Waals surface area contributed by atoms with Crippen LogP contribution in [0, 0.1) is 13.8 Å². The quantitative estimate of drug-likeness (QED) is 0.897. The van der Waals surface area contributed by atoms with E-state index in [0.29, 0.717) is 5.56 Å². The first-order chi connectivity index (χ1) is 10.6. The van der Waals surface area contributed by atoms with Crippen LogP contribution in [-0.2, 0) is 0 Å². The smallest absolute Gasteiger partial charge is 0.255 e. The number of amides is 1. The Labute approximate surface area is 154 Å². The molecule has 3 heterocycles. The number of pyridine rings is 1. The third kappa shape index (κ3) is 4.06. The minimum absolute atomic E-state index is 0. The fourth-order valence-electron chi connectivity index (χ4n) is 2.84. The van der Waals surface area contributed by atoms with Gasteiger partial charge in [0.2, 0.25) is 0 Å². The Bertz CT molecular complexity index is 680. The van der Waals surface area contributed by atoms with E-state index in [2.05, 4.69) is 15.4 Å². The van der Waals surface area contributed by atoms with Gasteiger partial charge in [0.15, 0.2) is 5.82 Å². The molecule has 1 saturated heterocycles. The van der Waals surface area contributed by atoms with E-state index in [9.17, 15) is 4.79 Å². The van der Waals surface area contributed by atoms with Crippen molar-refractivity contribution in [2.45, 2.75) is 26.3 Å². The van der Waals surface area contributed by atoms with Gasteiger partial charge in [0.1, 0.15) is 0 Å². The van der Waals surface area contributed by atoms with Gasteiger partial charge in [-0.3, -0.25) is 4.79 Å². The zero-order valence-corrected chi connectivity index (χ0v) is 15.7. The van der Waals surface area contributed by atoms with Crippen molar-refractivity contribution in [3.05, 3.63) is 41.3 Å². The molecule has 1 fully saturated rings. The molecule has 0 spiro atoms. The Balaban J connectivity index is 0.00000144. The molecule has 24 heavy (non-hydrogen) atoms. The van der Waals surface area contributed by atoms with Crippen molar-refractivity contribution in [2.75, 3.05) is 20.1 Å². The molecule has 2 aromatic heterocycles. The number of rotatable bonds is 3. The molecule has 132 valence electrons. The lowest BCUT2D eigenvalue weighted by molar-refractivity contribution is 0.0743. The van der Waals surface area contributed by atoms with Crippen LogP contribution in [0.3, 0.4) is 0 Å². The molecular formula is C16H23Cl2N5O. The number of carbonyl (C=O) groups is 1. The summed E-state index contributed by atoms with van der Waals surface area (Å²) in [6.45, 7) is 5.77. The molecule has 1 atom stereocenters. The molecule has 0 bridgehead atoms. The minimum atomic E-state index is 0. The van der Waals surface area contributed by atoms with Gasteiger partial charge < -0.3 is 10.2 Å². The molecule has 1 N–H and O–H groups in total. The van der Waals surface area contributed by atoms with Crippen molar-refractivity contribution in [3.63, 3.8) is 0 Å². The monoisotopic (exact) mass is 371 g/mol. The van der Waals surface area contributed by atoms with Crippen LogP contribution in [0.2, 0.25) is 0 Å². The largest absolute Gasteiger partial charge is 0.337 e. The molecule has 1 aliphatic rings. The SMILES string of the molecule is Cc1cc(C)n(-c2ccc(C(=O)N(C)C3CCNC3)cn2)n1.Cl.Cl. The van der Waals surface area contributed by atoms with Gasteiger partial charge in [-0.15, -0.1) is 24.8 Å². The van der Waals surface area contributed by atoms with Crippen LogP contribution in [0.1, 0.15) is 28.2 Å². The molecule has 8 heteroatoms. The molecule has 0 aromatic carbocycles. The Kier molecular flexibility index (Phi) is 7.20. The van der Waals surface area contributed by atoms with Crippen molar-refractivity contribution < 1.29 is 4.79 Å². The lowest BCUT2D eigenvalue weighted by atomic mass is 10.2. The second kappa shape index (κ2) is 8.46. The summed E-state index contributed by atoms with van der Waals surface area (Å²) in [4.78, 5) is 18.7. The maximum atomic E-state index is 12.5. The van der Waals surface area contributed by atoms with Crippen LogP contribution in [0.15, 0.2) is 24.4 Å². The van der Waals surface area contributed by atoms with Crippen molar-refractivity contribution in [2.24, 2.45) is 0 Å². The Hall–Kier alpha value is -1.63. The van der Waals surface area contributed by atoms with Crippen LogP contribution in [-0.4, -0.2) is 51.8 Å². The number of halogens is 2. The summed E-state index contributed by atoms with van der Waals surface area (Å²) in [5.74, 6) is 0.744. The predicted molar refractivity (Wildman–Crippen MR) is 98.7 cm³/mol. The predicted octanol–water partition coefficient (Wildman–Crippen LogP) is 2.16. The number of nitrogens with one attached hydrogen (secondary N) is 1. The zero-order valence-electron chi connectivity index (χ0n) is 14.0. The third-order valence-corrected chi connectivity index (χ3v) is 4.12. The summed E-state index contributed by atoms with van der Waals surface area (Å²) in [5.41, 5.74) is 2.59. The molecule has 6 nitrogen and oxygen atoms in total. The van der Waals surface area contributed by atoms with E-state index in [1.807, 2.05) is 39.1 Å². The second-order valence-electron chi connectivity index (χ2n) is 5.81. The van der Waals surface area contributed by atoms with Crippen LogP contribution in [0.25, 0.3) is 5.82 Å². The molecule has 0 aliphatic carbocycles. The van der Waals surface area contributed by atoms with Gasteiger partial charge in [-0.25, -0.2) is 9.67 Å². The third-order valence-electron chi connectivity index (χ3n) is 4.12. The molecule has 1 amide bonds. The summed E-state index contributed by atoms with van der Waals surface area (Å²) in [6.07, 6.45) is 2.63. The highest BCUT2D eigenvalue weighted by Gasteiger charge is 2.24. The first-order valence-corrected chi connectivity index (χ1v) is 7.54. The number of aryl methyl sites for hydroxylation is 2. The summed E-state index contributed by atoms with van der Waals surface area (Å²) in [5, 5.41) is 7.68. The maximum absolute atomic E-state index is 12.5. The molecular weight excluding hydrogens is 349 g/mol. The van der Waals surface area contributed by atoms with Gasteiger partial charge in [-0.05, 0) is 45.0 Å². The highest BCUT2D eigenvalue weighted by molar-refractivity contribution is 5.94. The second-order valence-corrected chi connectivity index (χ2v) is 5.81. The fraction of sp³-hybridized carbons (Fsp3) is 0.438. The van der Waals surface area contributed by atoms with Gasteiger partial charge in [0, 0.05) is 31.5 Å². The Morgan fingerprint density at radius 3 is 2.58 bits per heavy atom. The van der Waals surface area contributed by atoms with Gasteiger partial charge >= 0.3 is 0 Å². The first kappa shape index (κ1) is 20.4. The Morgan fingerprint density at radius 2 is 2.08 bits per heavy atom. The normalized spacial score (nSPS) is 16.2. The van der Waals surface area contributed by atoms with Gasteiger partial charge in [-0.1, -0.05) is 0 Å². The van der Waals surface area contributed by atoms with Crippen LogP contribution >= 0.6 is 24.8 Å². The highest BCUT2D eigenvalue weighted by atomic mass is 35.5. The summed E-state index contributed by atoms with van der Waals surface area (Å²) in [6, 6.07) is 5.93. The number of aromatic nitrogens is 3. The maximum Gasteiger partial charge on any atom is 0.255 e. The van der Waals surface area contributed by atoms with E-state index in [4.69, 9.17) is 0 Å². The lowest BCUT2D eigenvalue weighted by Crippen LogP contribution is -2.38.